The van der Waals surface area contributed by atoms with Crippen molar-refractivity contribution in [2.75, 3.05) is 11.5 Å². The van der Waals surface area contributed by atoms with Gasteiger partial charge in [0.25, 0.3) is 0 Å². The van der Waals surface area contributed by atoms with E-state index < -0.39 is 12.2 Å². The maximum Gasteiger partial charge on any atom is 0.185 e. The number of hydrogen-bond acceptors (Lipinski definition) is 5. The lowest BCUT2D eigenvalue weighted by molar-refractivity contribution is -0.109. The number of hydrogen-bond donors (Lipinski definition) is 3. The van der Waals surface area contributed by atoms with Crippen LogP contribution in [0.3, 0.4) is 0 Å². The van der Waals surface area contributed by atoms with Crippen LogP contribution in [0.2, 0.25) is 0 Å². The number of rotatable bonds is 4. The Morgan fingerprint density at radius 2 is 2.12 bits per heavy atom. The van der Waals surface area contributed by atoms with Gasteiger partial charge in [-0.15, -0.1) is 0 Å². The molecule has 1 aromatic carbocycles. The molecular weight excluding hydrogens is 238 g/mol. The molecule has 2 unspecified atom stereocenters. The monoisotopic (exact) mass is 255 g/mol. The van der Waals surface area contributed by atoms with Gasteiger partial charge in [-0.2, -0.15) is 0 Å². The topological polar surface area (TPSA) is 83.5 Å². The zero-order chi connectivity index (χ0) is 13.0. The Labute approximate surface area is 105 Å². The predicted octanol–water partition coefficient (Wildman–Crippen LogP) is 1.25. The molecule has 0 amide bonds. The van der Waals surface area contributed by atoms with Crippen LogP contribution in [0.25, 0.3) is 0 Å². The van der Waals surface area contributed by atoms with Crippen molar-refractivity contribution in [3.05, 3.63) is 29.3 Å². The molecule has 5 heteroatoms. The Morgan fingerprint density at radius 3 is 2.65 bits per heavy atom. The molecule has 0 saturated carbocycles. The number of carbonyl (C=O) groups excluding carboxylic acids is 1. The quantitative estimate of drug-likeness (QED) is 0.705. The van der Waals surface area contributed by atoms with E-state index in [1.165, 1.54) is 6.92 Å². The van der Waals surface area contributed by atoms with Crippen LogP contribution in [0.15, 0.2) is 18.2 Å². The fraction of sp³-hybridized carbons (Fsp3) is 0.417. The number of aliphatic hydroxyl groups excluding tert-OH is 2. The summed E-state index contributed by atoms with van der Waals surface area (Å²) in [5, 5.41) is 19.5. The minimum atomic E-state index is -1.02. The van der Waals surface area contributed by atoms with E-state index in [-0.39, 0.29) is 10.9 Å². The van der Waals surface area contributed by atoms with Gasteiger partial charge in [0.1, 0.15) is 6.10 Å². The molecule has 0 aliphatic rings. The van der Waals surface area contributed by atoms with Crippen LogP contribution >= 0.6 is 11.8 Å². The predicted molar refractivity (Wildman–Crippen MR) is 69.7 cm³/mol. The second-order valence-corrected chi connectivity index (χ2v) is 5.13. The van der Waals surface area contributed by atoms with Gasteiger partial charge in [0.2, 0.25) is 0 Å². The van der Waals surface area contributed by atoms with E-state index in [0.717, 1.165) is 17.3 Å². The highest BCUT2D eigenvalue weighted by molar-refractivity contribution is 8.13. The van der Waals surface area contributed by atoms with Crippen molar-refractivity contribution in [1.82, 2.24) is 0 Å². The van der Waals surface area contributed by atoms with Gasteiger partial charge >= 0.3 is 0 Å². The number of benzene rings is 1. The minimum Gasteiger partial charge on any atom is -0.399 e. The zero-order valence-electron chi connectivity index (χ0n) is 9.88. The van der Waals surface area contributed by atoms with Crippen molar-refractivity contribution in [1.29, 1.82) is 0 Å². The SMILES string of the molecule is CC(=O)SCC(O)C(O)c1ccc(C)c(N)c1. The van der Waals surface area contributed by atoms with E-state index in [4.69, 9.17) is 5.73 Å². The van der Waals surface area contributed by atoms with Crippen LogP contribution in [0.4, 0.5) is 5.69 Å². The molecule has 0 aliphatic carbocycles. The van der Waals surface area contributed by atoms with E-state index in [2.05, 4.69) is 0 Å². The first-order valence-corrected chi connectivity index (χ1v) is 6.26. The van der Waals surface area contributed by atoms with Gasteiger partial charge in [-0.3, -0.25) is 4.79 Å². The van der Waals surface area contributed by atoms with E-state index in [1.807, 2.05) is 6.92 Å². The summed E-state index contributed by atoms with van der Waals surface area (Å²) in [5.74, 6) is 0.171. The Kier molecular flexibility index (Phi) is 4.99. The number of nitrogen functional groups attached to an aromatic ring is 1. The highest BCUT2D eigenvalue weighted by Gasteiger charge is 2.19. The molecule has 4 N–H and O–H groups in total. The number of anilines is 1. The standard InChI is InChI=1S/C12H17NO3S/c1-7-3-4-9(5-10(7)13)12(16)11(15)6-17-8(2)14/h3-5,11-12,15-16H,6,13H2,1-2H3. The van der Waals surface area contributed by atoms with Crippen LogP contribution in [-0.4, -0.2) is 27.2 Å². The molecule has 0 aliphatic heterocycles. The van der Waals surface area contributed by atoms with Gasteiger partial charge in [0, 0.05) is 18.4 Å². The van der Waals surface area contributed by atoms with E-state index >= 15 is 0 Å². The zero-order valence-corrected chi connectivity index (χ0v) is 10.7. The summed E-state index contributed by atoms with van der Waals surface area (Å²) in [6, 6.07) is 5.15. The van der Waals surface area contributed by atoms with Gasteiger partial charge in [-0.1, -0.05) is 23.9 Å². The molecule has 17 heavy (non-hydrogen) atoms. The average molecular weight is 255 g/mol. The Hall–Kier alpha value is -1.04. The summed E-state index contributed by atoms with van der Waals surface area (Å²) in [5.41, 5.74) is 7.79. The van der Waals surface area contributed by atoms with Gasteiger partial charge in [-0.05, 0) is 24.1 Å². The maximum atomic E-state index is 10.8. The lowest BCUT2D eigenvalue weighted by Gasteiger charge is -2.18. The largest absolute Gasteiger partial charge is 0.399 e. The first-order chi connectivity index (χ1) is 7.91. The van der Waals surface area contributed by atoms with Crippen molar-refractivity contribution >= 4 is 22.6 Å². The van der Waals surface area contributed by atoms with Crippen LogP contribution in [0, 0.1) is 6.92 Å². The molecule has 1 aromatic rings. The normalized spacial score (nSPS) is 14.4. The van der Waals surface area contributed by atoms with Crippen LogP contribution in [0.1, 0.15) is 24.2 Å². The number of aliphatic hydroxyl groups is 2. The molecule has 4 nitrogen and oxygen atoms in total. The first-order valence-electron chi connectivity index (χ1n) is 5.27. The maximum absolute atomic E-state index is 10.8. The average Bonchev–Trinajstić information content (AvgIpc) is 2.28. The fourth-order valence-electron chi connectivity index (χ4n) is 1.36. The molecule has 0 saturated heterocycles. The summed E-state index contributed by atoms with van der Waals surface area (Å²) in [4.78, 5) is 10.8. The summed E-state index contributed by atoms with van der Waals surface area (Å²) in [7, 11) is 0. The summed E-state index contributed by atoms with van der Waals surface area (Å²) in [6.07, 6.45) is -2.00. The molecule has 94 valence electrons. The number of aryl methyl sites for hydroxylation is 1. The molecule has 0 aromatic heterocycles. The van der Waals surface area contributed by atoms with Crippen molar-refractivity contribution in [3.63, 3.8) is 0 Å². The van der Waals surface area contributed by atoms with Crippen molar-refractivity contribution in [3.8, 4) is 0 Å². The molecule has 2 atom stereocenters. The summed E-state index contributed by atoms with van der Waals surface area (Å²) < 4.78 is 0. The van der Waals surface area contributed by atoms with E-state index in [9.17, 15) is 15.0 Å². The lowest BCUT2D eigenvalue weighted by Crippen LogP contribution is -2.21. The number of carbonyl (C=O) groups is 1. The molecular formula is C12H17NO3S. The Bertz CT molecular complexity index is 409. The molecule has 0 fully saturated rings. The van der Waals surface area contributed by atoms with Crippen LogP contribution in [-0.2, 0) is 4.79 Å². The molecule has 0 spiro atoms. The Morgan fingerprint density at radius 1 is 1.47 bits per heavy atom. The lowest BCUT2D eigenvalue weighted by atomic mass is 10.0. The van der Waals surface area contributed by atoms with Crippen molar-refractivity contribution in [2.45, 2.75) is 26.1 Å². The summed E-state index contributed by atoms with van der Waals surface area (Å²) in [6.45, 7) is 3.29. The summed E-state index contributed by atoms with van der Waals surface area (Å²) >= 11 is 0.990. The van der Waals surface area contributed by atoms with Crippen LogP contribution in [0.5, 0.6) is 0 Å². The molecule has 0 heterocycles. The third-order valence-electron chi connectivity index (χ3n) is 2.47. The smallest absolute Gasteiger partial charge is 0.185 e. The van der Waals surface area contributed by atoms with Gasteiger partial charge in [-0.25, -0.2) is 0 Å². The number of thioether (sulfide) groups is 1. The third kappa shape index (κ3) is 4.03. The molecule has 0 bridgehead atoms. The minimum absolute atomic E-state index is 0.0836. The third-order valence-corrected chi connectivity index (χ3v) is 3.38. The highest BCUT2D eigenvalue weighted by Crippen LogP contribution is 2.23. The Balaban J connectivity index is 2.70. The van der Waals surface area contributed by atoms with E-state index in [0.29, 0.717) is 11.3 Å². The second kappa shape index (κ2) is 6.05. The van der Waals surface area contributed by atoms with Gasteiger partial charge in [0.05, 0.1) is 6.10 Å². The first kappa shape index (κ1) is 14.0. The fourth-order valence-corrected chi connectivity index (χ4v) is 1.95. The highest BCUT2D eigenvalue weighted by atomic mass is 32.2. The van der Waals surface area contributed by atoms with Crippen LogP contribution < -0.4 is 5.73 Å². The molecule has 1 rings (SSSR count). The van der Waals surface area contributed by atoms with Gasteiger partial charge in [0.15, 0.2) is 5.12 Å². The van der Waals surface area contributed by atoms with Crippen molar-refractivity contribution in [2.24, 2.45) is 0 Å². The molecule has 0 radical (unpaired) electrons. The number of nitrogens with two attached hydrogens (primary N) is 1. The van der Waals surface area contributed by atoms with E-state index in [1.54, 1.807) is 18.2 Å². The van der Waals surface area contributed by atoms with Crippen molar-refractivity contribution < 1.29 is 15.0 Å². The van der Waals surface area contributed by atoms with Gasteiger partial charge < -0.3 is 15.9 Å². The second-order valence-electron chi connectivity index (χ2n) is 3.93.